The number of carbonyl (C=O) groups is 3. The molecule has 2 unspecified atom stereocenters. The van der Waals surface area contributed by atoms with Crippen LogP contribution in [0.3, 0.4) is 0 Å². The van der Waals surface area contributed by atoms with Crippen LogP contribution in [0.5, 0.6) is 0 Å². The van der Waals surface area contributed by atoms with E-state index in [1.807, 2.05) is 13.8 Å². The summed E-state index contributed by atoms with van der Waals surface area (Å²) < 4.78 is 39.0. The largest absolute Gasteiger partial charge is 0.478 e. The molecule has 1 aliphatic heterocycles. The molecule has 0 aromatic heterocycles. The van der Waals surface area contributed by atoms with Gasteiger partial charge in [-0.25, -0.2) is 4.79 Å². The van der Waals surface area contributed by atoms with E-state index in [2.05, 4.69) is 5.32 Å². The van der Waals surface area contributed by atoms with Crippen molar-refractivity contribution in [2.75, 3.05) is 20.1 Å². The zero-order valence-corrected chi connectivity index (χ0v) is 20.6. The van der Waals surface area contributed by atoms with Crippen molar-refractivity contribution in [2.45, 2.75) is 85.1 Å². The van der Waals surface area contributed by atoms with Gasteiger partial charge in [-0.3, -0.25) is 14.5 Å². The maximum atomic E-state index is 13.5. The lowest BCUT2D eigenvalue weighted by atomic mass is 9.84. The highest BCUT2D eigenvalue weighted by molar-refractivity contribution is 5.91. The highest BCUT2D eigenvalue weighted by Gasteiger charge is 2.41. The van der Waals surface area contributed by atoms with Crippen LogP contribution in [-0.4, -0.2) is 77.1 Å². The Morgan fingerprint density at radius 3 is 2.21 bits per heavy atom. The standard InChI is InChI=1S/C23H38F3N3O4/c1-14(2)17(12-15(3)21(32)33)28(7)20(31)18(22(4,5)6)27-19(30)16-10-8-9-11-29(16)13-23(24,25)26/h12,14,16-18H,8-11,13H2,1-7H3,(H,27,30)(H,32,33)/b15-12+/t16?,17-,18?/m1/s1. The van der Waals surface area contributed by atoms with Gasteiger partial charge >= 0.3 is 12.1 Å². The summed E-state index contributed by atoms with van der Waals surface area (Å²) in [6.07, 6.45) is -1.42. The van der Waals surface area contributed by atoms with Crippen molar-refractivity contribution >= 4 is 17.8 Å². The van der Waals surface area contributed by atoms with Crippen molar-refractivity contribution in [2.24, 2.45) is 11.3 Å². The van der Waals surface area contributed by atoms with Gasteiger partial charge in [0, 0.05) is 12.6 Å². The van der Waals surface area contributed by atoms with Crippen LogP contribution in [0.15, 0.2) is 11.6 Å². The third-order valence-electron chi connectivity index (χ3n) is 5.93. The van der Waals surface area contributed by atoms with Crippen LogP contribution in [0.1, 0.15) is 60.8 Å². The van der Waals surface area contributed by atoms with Crippen molar-refractivity contribution in [1.82, 2.24) is 15.1 Å². The number of likely N-dealkylation sites (tertiary alicyclic amines) is 1. The fourth-order valence-electron chi connectivity index (χ4n) is 4.02. The Kier molecular flexibility index (Phi) is 9.95. The van der Waals surface area contributed by atoms with E-state index in [1.54, 1.807) is 27.8 Å². The molecule has 190 valence electrons. The van der Waals surface area contributed by atoms with E-state index < -0.39 is 54.0 Å². The fraction of sp³-hybridized carbons (Fsp3) is 0.783. The summed E-state index contributed by atoms with van der Waals surface area (Å²) in [5, 5.41) is 11.9. The molecular formula is C23H38F3N3O4. The average Bonchev–Trinajstić information content (AvgIpc) is 2.66. The fourth-order valence-corrected chi connectivity index (χ4v) is 4.02. The number of likely N-dealkylation sites (N-methyl/N-ethyl adjacent to an activating group) is 1. The van der Waals surface area contributed by atoms with E-state index in [-0.39, 0.29) is 24.5 Å². The molecular weight excluding hydrogens is 439 g/mol. The van der Waals surface area contributed by atoms with Gasteiger partial charge in [-0.15, -0.1) is 0 Å². The summed E-state index contributed by atoms with van der Waals surface area (Å²) in [6.45, 7) is 9.43. The number of rotatable bonds is 8. The van der Waals surface area contributed by atoms with Gasteiger partial charge in [0.25, 0.3) is 0 Å². The Morgan fingerprint density at radius 1 is 1.18 bits per heavy atom. The summed E-state index contributed by atoms with van der Waals surface area (Å²) in [6, 6.07) is -2.49. The van der Waals surface area contributed by atoms with Crippen LogP contribution in [0.25, 0.3) is 0 Å². The molecule has 1 rings (SSSR count). The number of hydrogen-bond donors (Lipinski definition) is 2. The number of nitrogens with zero attached hydrogens (tertiary/aromatic N) is 2. The quantitative estimate of drug-likeness (QED) is 0.523. The van der Waals surface area contributed by atoms with Crippen LogP contribution >= 0.6 is 0 Å². The molecule has 0 saturated carbocycles. The summed E-state index contributed by atoms with van der Waals surface area (Å²) in [7, 11) is 1.54. The van der Waals surface area contributed by atoms with Gasteiger partial charge in [0.05, 0.1) is 18.6 Å². The van der Waals surface area contributed by atoms with Gasteiger partial charge in [0.15, 0.2) is 0 Å². The smallest absolute Gasteiger partial charge is 0.401 e. The first-order chi connectivity index (χ1) is 15.0. The first-order valence-corrected chi connectivity index (χ1v) is 11.2. The number of carboxylic acid groups (broad SMARTS) is 1. The topological polar surface area (TPSA) is 90.0 Å². The number of nitrogens with one attached hydrogen (secondary N) is 1. The SMILES string of the molecule is C/C(=C\[C@H](C(C)C)N(C)C(=O)C(NC(=O)C1CCCCN1CC(F)(F)F)C(C)(C)C)C(=O)O. The van der Waals surface area contributed by atoms with Gasteiger partial charge in [-0.05, 0) is 37.6 Å². The predicted octanol–water partition coefficient (Wildman–Crippen LogP) is 3.45. The molecule has 2 N–H and O–H groups in total. The van der Waals surface area contributed by atoms with Gasteiger partial charge in [0.2, 0.25) is 11.8 Å². The highest BCUT2D eigenvalue weighted by atomic mass is 19.4. The molecule has 0 radical (unpaired) electrons. The van der Waals surface area contributed by atoms with Crippen molar-refractivity contribution in [1.29, 1.82) is 0 Å². The Labute approximate surface area is 194 Å². The molecule has 0 spiro atoms. The molecule has 0 bridgehead atoms. The lowest BCUT2D eigenvalue weighted by Crippen LogP contribution is -2.60. The Balaban J connectivity index is 3.16. The Morgan fingerprint density at radius 2 is 1.76 bits per heavy atom. The second kappa shape index (κ2) is 11.4. The number of carboxylic acids is 1. The van der Waals surface area contributed by atoms with E-state index in [0.29, 0.717) is 12.8 Å². The number of aliphatic carboxylic acids is 1. The van der Waals surface area contributed by atoms with E-state index in [0.717, 1.165) is 4.90 Å². The van der Waals surface area contributed by atoms with Crippen LogP contribution in [0.2, 0.25) is 0 Å². The molecule has 33 heavy (non-hydrogen) atoms. The lowest BCUT2D eigenvalue weighted by Gasteiger charge is -2.40. The van der Waals surface area contributed by atoms with E-state index in [1.165, 1.54) is 17.9 Å². The second-order valence-electron chi connectivity index (χ2n) is 10.2. The predicted molar refractivity (Wildman–Crippen MR) is 119 cm³/mol. The molecule has 1 saturated heterocycles. The van der Waals surface area contributed by atoms with Crippen LogP contribution in [0.4, 0.5) is 13.2 Å². The molecule has 0 aliphatic carbocycles. The Hall–Kier alpha value is -2.10. The van der Waals surface area contributed by atoms with E-state index in [9.17, 15) is 32.7 Å². The third-order valence-corrected chi connectivity index (χ3v) is 5.93. The van der Waals surface area contributed by atoms with Gasteiger partial charge in [-0.2, -0.15) is 13.2 Å². The first-order valence-electron chi connectivity index (χ1n) is 11.2. The van der Waals surface area contributed by atoms with Crippen molar-refractivity contribution < 1.29 is 32.7 Å². The van der Waals surface area contributed by atoms with E-state index in [4.69, 9.17) is 0 Å². The molecule has 0 aromatic carbocycles. The number of carbonyl (C=O) groups excluding carboxylic acids is 2. The number of alkyl halides is 3. The molecule has 3 atom stereocenters. The van der Waals surface area contributed by atoms with Gasteiger partial charge < -0.3 is 15.3 Å². The van der Waals surface area contributed by atoms with Gasteiger partial charge in [-0.1, -0.05) is 47.1 Å². The maximum absolute atomic E-state index is 13.5. The number of piperidine rings is 1. The summed E-state index contributed by atoms with van der Waals surface area (Å²) >= 11 is 0. The Bertz CT molecular complexity index is 744. The van der Waals surface area contributed by atoms with Crippen molar-refractivity contribution in [3.63, 3.8) is 0 Å². The minimum Gasteiger partial charge on any atom is -0.478 e. The zero-order valence-electron chi connectivity index (χ0n) is 20.6. The summed E-state index contributed by atoms with van der Waals surface area (Å²) in [5.74, 6) is -2.23. The second-order valence-corrected chi connectivity index (χ2v) is 10.2. The van der Waals surface area contributed by atoms with Crippen LogP contribution in [0, 0.1) is 11.3 Å². The first kappa shape index (κ1) is 28.9. The normalized spacial score (nSPS) is 20.3. The maximum Gasteiger partial charge on any atom is 0.401 e. The van der Waals surface area contributed by atoms with Crippen LogP contribution < -0.4 is 5.32 Å². The number of amides is 2. The number of hydrogen-bond acceptors (Lipinski definition) is 4. The van der Waals surface area contributed by atoms with Crippen LogP contribution in [-0.2, 0) is 14.4 Å². The zero-order chi connectivity index (χ0) is 25.7. The minimum absolute atomic E-state index is 0.0923. The number of halogens is 3. The molecule has 2 amide bonds. The molecule has 1 heterocycles. The highest BCUT2D eigenvalue weighted by Crippen LogP contribution is 2.27. The van der Waals surface area contributed by atoms with Crippen molar-refractivity contribution in [3.05, 3.63) is 11.6 Å². The lowest BCUT2D eigenvalue weighted by molar-refractivity contribution is -0.159. The average molecular weight is 478 g/mol. The molecule has 0 aromatic rings. The monoisotopic (exact) mass is 477 g/mol. The molecule has 1 fully saturated rings. The minimum atomic E-state index is -4.42. The molecule has 10 heteroatoms. The molecule has 1 aliphatic rings. The third kappa shape index (κ3) is 8.64. The van der Waals surface area contributed by atoms with Crippen molar-refractivity contribution in [3.8, 4) is 0 Å². The summed E-state index contributed by atoms with van der Waals surface area (Å²) in [5.41, 5.74) is -0.632. The van der Waals surface area contributed by atoms with E-state index >= 15 is 0 Å². The molecule has 7 nitrogen and oxygen atoms in total. The summed E-state index contributed by atoms with van der Waals surface area (Å²) in [4.78, 5) is 40.3. The van der Waals surface area contributed by atoms with Gasteiger partial charge in [0.1, 0.15) is 6.04 Å².